The summed E-state index contributed by atoms with van der Waals surface area (Å²) in [5.74, 6) is -0.0502. The number of aliphatic hydroxyl groups excluding tert-OH is 1. The number of carbonyl (C=O) groups excluding carboxylic acids is 4. The Balaban J connectivity index is 5.28. The minimum atomic E-state index is -4.96. The number of allylic oxidation sites excluding steroid dienone is 4. The van der Waals surface area contributed by atoms with Crippen LogP contribution in [0.4, 0.5) is 0 Å². The van der Waals surface area contributed by atoms with Crippen molar-refractivity contribution in [3.05, 3.63) is 24.3 Å². The molecular weight excluding hydrogens is 1130 g/mol. The lowest BCUT2D eigenvalue weighted by atomic mass is 9.99. The van der Waals surface area contributed by atoms with E-state index in [4.69, 9.17) is 37.0 Å². The van der Waals surface area contributed by atoms with Crippen molar-refractivity contribution in [2.75, 3.05) is 39.6 Å². The predicted molar refractivity (Wildman–Crippen MR) is 340 cm³/mol. The van der Waals surface area contributed by atoms with Crippen LogP contribution in [0.15, 0.2) is 24.3 Å². The number of aliphatic hydroxyl groups is 1. The summed E-state index contributed by atoms with van der Waals surface area (Å²) < 4.78 is 68.0. The number of hydrogen-bond donors (Lipinski definition) is 3. The molecule has 6 atom stereocenters. The maximum absolute atomic E-state index is 13.0. The number of rotatable bonds is 62. The molecule has 0 amide bonds. The average Bonchev–Trinajstić information content (AvgIpc) is 3.63. The van der Waals surface area contributed by atoms with E-state index in [1.54, 1.807) is 0 Å². The summed E-state index contributed by atoms with van der Waals surface area (Å²) in [6.45, 7) is 11.6. The Kier molecular flexibility index (Phi) is 55.1. The highest BCUT2D eigenvalue weighted by molar-refractivity contribution is 7.47. The molecular formula is C66H124O17P2. The molecule has 3 unspecified atom stereocenters. The van der Waals surface area contributed by atoms with Gasteiger partial charge in [0.2, 0.25) is 0 Å². The van der Waals surface area contributed by atoms with E-state index in [9.17, 15) is 43.2 Å². The lowest BCUT2D eigenvalue weighted by molar-refractivity contribution is -0.161. The summed E-state index contributed by atoms with van der Waals surface area (Å²) in [4.78, 5) is 72.2. The fraction of sp³-hybridized carbons (Fsp3) is 0.879. The quantitative estimate of drug-likeness (QED) is 0.0169. The predicted octanol–water partition coefficient (Wildman–Crippen LogP) is 17.8. The lowest BCUT2D eigenvalue weighted by Gasteiger charge is -2.21. The standard InChI is InChI=1S/C66H124O17P2/c1-8-10-11-12-13-14-15-16-17-18-19-20-25-35-42-49-65(70)82-61(53-76-63(68)47-40-33-24-22-21-23-32-39-46-59(7)9-2)55-80-84(72,73)78-51-60(67)52-79-85(74,75)81-56-62(83-66(71)50-43-36-29-27-31-38-45-58(5)6)54-77-64(69)48-41-34-28-26-30-37-44-57(3)4/h14-17,57-62,67H,8-13,18-56H2,1-7H3,(H,72,73)(H,74,75)/b15-14-,17-16-/t59?,60-,61-,62-/m1/s1. The molecule has 0 saturated carbocycles. The van der Waals surface area contributed by atoms with Crippen molar-refractivity contribution in [1.29, 1.82) is 0 Å². The van der Waals surface area contributed by atoms with Gasteiger partial charge < -0.3 is 33.8 Å². The molecule has 0 aliphatic carbocycles. The van der Waals surface area contributed by atoms with Gasteiger partial charge in [0, 0.05) is 25.7 Å². The van der Waals surface area contributed by atoms with E-state index in [-0.39, 0.29) is 25.7 Å². The minimum absolute atomic E-state index is 0.0837. The molecule has 500 valence electrons. The Bertz CT molecular complexity index is 1780. The van der Waals surface area contributed by atoms with Crippen LogP contribution >= 0.6 is 15.6 Å². The van der Waals surface area contributed by atoms with Gasteiger partial charge in [-0.25, -0.2) is 9.13 Å². The first kappa shape index (κ1) is 82.5. The van der Waals surface area contributed by atoms with Crippen molar-refractivity contribution in [3.63, 3.8) is 0 Å². The number of phosphoric ester groups is 2. The average molecular weight is 1250 g/mol. The molecule has 0 aromatic rings. The van der Waals surface area contributed by atoms with E-state index in [1.165, 1.54) is 89.9 Å². The van der Waals surface area contributed by atoms with Gasteiger partial charge in [0.1, 0.15) is 19.3 Å². The van der Waals surface area contributed by atoms with E-state index in [0.29, 0.717) is 37.5 Å². The molecule has 0 aromatic heterocycles. The van der Waals surface area contributed by atoms with E-state index < -0.39 is 97.5 Å². The summed E-state index contributed by atoms with van der Waals surface area (Å²) in [6.07, 6.45) is 41.4. The number of carbonyl (C=O) groups is 4. The van der Waals surface area contributed by atoms with Gasteiger partial charge in [0.15, 0.2) is 12.2 Å². The second-order valence-corrected chi connectivity index (χ2v) is 27.3. The third kappa shape index (κ3) is 59.0. The molecule has 0 radical (unpaired) electrons. The zero-order chi connectivity index (χ0) is 63.1. The zero-order valence-electron chi connectivity index (χ0n) is 54.5. The summed E-state index contributed by atoms with van der Waals surface area (Å²) in [7, 11) is -9.90. The highest BCUT2D eigenvalue weighted by atomic mass is 31.2. The molecule has 0 bridgehead atoms. The zero-order valence-corrected chi connectivity index (χ0v) is 56.3. The molecule has 0 spiro atoms. The fourth-order valence-corrected chi connectivity index (χ4v) is 10.8. The SMILES string of the molecule is CCCCCC/C=C\C=C/CCCCCCCC(=O)O[C@H](COC(=O)CCCCCCCCCCC(C)CC)COP(=O)(O)OC[C@@H](O)COP(=O)(O)OC[C@@H](COC(=O)CCCCCCCCC(C)C)OC(=O)CCCCCCCCC(C)C. The second-order valence-electron chi connectivity index (χ2n) is 24.4. The van der Waals surface area contributed by atoms with Crippen molar-refractivity contribution in [1.82, 2.24) is 0 Å². The molecule has 85 heavy (non-hydrogen) atoms. The van der Waals surface area contributed by atoms with Gasteiger partial charge in [0.25, 0.3) is 0 Å². The van der Waals surface area contributed by atoms with E-state index in [0.717, 1.165) is 115 Å². The molecule has 17 nitrogen and oxygen atoms in total. The van der Waals surface area contributed by atoms with Gasteiger partial charge in [0.05, 0.1) is 26.4 Å². The van der Waals surface area contributed by atoms with Gasteiger partial charge in [-0.3, -0.25) is 37.3 Å². The first-order valence-electron chi connectivity index (χ1n) is 33.7. The molecule has 0 saturated heterocycles. The maximum Gasteiger partial charge on any atom is 0.472 e. The summed E-state index contributed by atoms with van der Waals surface area (Å²) in [5, 5.41) is 10.5. The van der Waals surface area contributed by atoms with Gasteiger partial charge in [-0.15, -0.1) is 0 Å². The van der Waals surface area contributed by atoms with Crippen LogP contribution < -0.4 is 0 Å². The van der Waals surface area contributed by atoms with Gasteiger partial charge in [-0.2, -0.15) is 0 Å². The van der Waals surface area contributed by atoms with Crippen molar-refractivity contribution in [3.8, 4) is 0 Å². The molecule has 0 aliphatic heterocycles. The van der Waals surface area contributed by atoms with E-state index >= 15 is 0 Å². The molecule has 0 rings (SSSR count). The summed E-state index contributed by atoms with van der Waals surface area (Å²) in [6, 6.07) is 0. The lowest BCUT2D eigenvalue weighted by Crippen LogP contribution is -2.30. The number of phosphoric acid groups is 2. The van der Waals surface area contributed by atoms with Crippen molar-refractivity contribution >= 4 is 39.5 Å². The van der Waals surface area contributed by atoms with Crippen molar-refractivity contribution in [2.24, 2.45) is 17.8 Å². The molecule has 0 aliphatic rings. The fourth-order valence-electron chi connectivity index (χ4n) is 9.26. The Hall–Kier alpha value is -2.46. The van der Waals surface area contributed by atoms with Crippen LogP contribution in [0, 0.1) is 17.8 Å². The topological polar surface area (TPSA) is 237 Å². The Morgan fingerprint density at radius 2 is 0.694 bits per heavy atom. The van der Waals surface area contributed by atoms with Crippen LogP contribution in [-0.2, 0) is 65.4 Å². The number of esters is 4. The first-order chi connectivity index (χ1) is 40.8. The van der Waals surface area contributed by atoms with Crippen LogP contribution in [0.2, 0.25) is 0 Å². The maximum atomic E-state index is 13.0. The van der Waals surface area contributed by atoms with E-state index in [2.05, 4.69) is 72.8 Å². The summed E-state index contributed by atoms with van der Waals surface area (Å²) in [5.41, 5.74) is 0. The van der Waals surface area contributed by atoms with Gasteiger partial charge in [-0.05, 0) is 69.1 Å². The second kappa shape index (κ2) is 56.8. The van der Waals surface area contributed by atoms with Crippen molar-refractivity contribution < 1.29 is 80.2 Å². The Morgan fingerprint density at radius 3 is 1.05 bits per heavy atom. The third-order valence-electron chi connectivity index (χ3n) is 14.9. The first-order valence-corrected chi connectivity index (χ1v) is 36.7. The molecule has 0 aromatic carbocycles. The normalized spacial score (nSPS) is 14.8. The minimum Gasteiger partial charge on any atom is -0.462 e. The van der Waals surface area contributed by atoms with Crippen LogP contribution in [0.5, 0.6) is 0 Å². The summed E-state index contributed by atoms with van der Waals surface area (Å²) >= 11 is 0. The van der Waals surface area contributed by atoms with Crippen molar-refractivity contribution in [2.45, 2.75) is 317 Å². The molecule has 0 fully saturated rings. The Morgan fingerprint density at radius 1 is 0.388 bits per heavy atom. The van der Waals surface area contributed by atoms with Crippen LogP contribution in [-0.4, -0.2) is 96.7 Å². The third-order valence-corrected chi connectivity index (χ3v) is 16.8. The molecule has 0 heterocycles. The molecule has 3 N–H and O–H groups in total. The Labute approximate surface area is 516 Å². The van der Waals surface area contributed by atoms with Crippen LogP contribution in [0.1, 0.15) is 299 Å². The van der Waals surface area contributed by atoms with Crippen LogP contribution in [0.25, 0.3) is 0 Å². The van der Waals surface area contributed by atoms with E-state index in [1.807, 2.05) is 0 Å². The number of unbranched alkanes of at least 4 members (excludes halogenated alkanes) is 26. The monoisotopic (exact) mass is 1250 g/mol. The highest BCUT2D eigenvalue weighted by Gasteiger charge is 2.30. The number of ether oxygens (including phenoxy) is 4. The van der Waals surface area contributed by atoms with Gasteiger partial charge in [-0.1, -0.05) is 246 Å². The molecule has 19 heteroatoms. The smallest absolute Gasteiger partial charge is 0.462 e. The van der Waals surface area contributed by atoms with Crippen LogP contribution in [0.3, 0.4) is 0 Å². The number of hydrogen-bond acceptors (Lipinski definition) is 15. The largest absolute Gasteiger partial charge is 0.472 e. The van der Waals surface area contributed by atoms with Gasteiger partial charge >= 0.3 is 39.5 Å². The highest BCUT2D eigenvalue weighted by Crippen LogP contribution is 2.45.